The van der Waals surface area contributed by atoms with Gasteiger partial charge in [-0.25, -0.2) is 0 Å². The quantitative estimate of drug-likeness (QED) is 0.808. The van der Waals surface area contributed by atoms with Crippen molar-refractivity contribution in [3.05, 3.63) is 82.9 Å². The van der Waals surface area contributed by atoms with Crippen molar-refractivity contribution in [2.45, 2.75) is 32.6 Å². The van der Waals surface area contributed by atoms with Crippen molar-refractivity contribution in [2.75, 3.05) is 0 Å². The summed E-state index contributed by atoms with van der Waals surface area (Å²) >= 11 is 0. The van der Waals surface area contributed by atoms with Crippen molar-refractivity contribution in [1.82, 2.24) is 0 Å². The van der Waals surface area contributed by atoms with E-state index in [9.17, 15) is 10.1 Å². The van der Waals surface area contributed by atoms with Gasteiger partial charge < -0.3 is 15.2 Å². The number of carbonyl (C=O) groups is 1. The highest BCUT2D eigenvalue weighted by Gasteiger charge is 2.42. The molecule has 5 heteroatoms. The molecular weight excluding hydrogens is 364 g/mol. The molecule has 0 fully saturated rings. The molecule has 1 atom stereocenters. The van der Waals surface area contributed by atoms with Gasteiger partial charge in [-0.2, -0.15) is 5.26 Å². The zero-order valence-electron chi connectivity index (χ0n) is 16.4. The molecule has 1 aliphatic carbocycles. The van der Waals surface area contributed by atoms with E-state index in [1.165, 1.54) is 0 Å². The van der Waals surface area contributed by atoms with Crippen molar-refractivity contribution in [2.24, 2.45) is 11.1 Å². The molecule has 2 aromatic rings. The van der Waals surface area contributed by atoms with Crippen LogP contribution in [0.25, 0.3) is 0 Å². The van der Waals surface area contributed by atoms with Gasteiger partial charge in [-0.3, -0.25) is 4.79 Å². The largest absolute Gasteiger partial charge is 0.457 e. The molecule has 0 spiro atoms. The van der Waals surface area contributed by atoms with E-state index in [0.717, 1.165) is 11.3 Å². The second kappa shape index (κ2) is 7.14. The van der Waals surface area contributed by atoms with Gasteiger partial charge in [-0.1, -0.05) is 44.2 Å². The molecule has 0 saturated carbocycles. The standard InChI is InChI=1S/C24H22N2O3/c1-24(2)12-19(27)22-20(13-24)29-23(26)18(14-25)21(22)15-8-10-17(11-9-15)28-16-6-4-3-5-7-16/h3-11,21H,12-13,26H2,1-2H3. The molecule has 0 amide bonds. The lowest BCUT2D eigenvalue weighted by Crippen LogP contribution is -2.33. The maximum atomic E-state index is 13.0. The van der Waals surface area contributed by atoms with Crippen LogP contribution in [0.1, 0.15) is 38.2 Å². The normalized spacial score (nSPS) is 20.6. The SMILES string of the molecule is CC1(C)CC(=O)C2=C(C1)OC(N)=C(C#N)C2c1ccc(Oc2ccccc2)cc1. The Bertz CT molecular complexity index is 1060. The fraction of sp³-hybridized carbons (Fsp3) is 0.250. The number of Topliss-reactive ketones (excluding diaryl/α,β-unsaturated/α-hetero) is 1. The molecule has 1 aliphatic heterocycles. The number of nitrogens with zero attached hydrogens (tertiary/aromatic N) is 1. The van der Waals surface area contributed by atoms with Crippen molar-refractivity contribution < 1.29 is 14.3 Å². The van der Waals surface area contributed by atoms with Gasteiger partial charge in [-0.15, -0.1) is 0 Å². The second-order valence-electron chi connectivity index (χ2n) is 8.19. The topological polar surface area (TPSA) is 85.3 Å². The minimum Gasteiger partial charge on any atom is -0.457 e. The highest BCUT2D eigenvalue weighted by atomic mass is 16.5. The summed E-state index contributed by atoms with van der Waals surface area (Å²) < 4.78 is 11.6. The van der Waals surface area contributed by atoms with E-state index in [1.54, 1.807) is 0 Å². The number of benzene rings is 2. The van der Waals surface area contributed by atoms with Gasteiger partial charge >= 0.3 is 0 Å². The second-order valence-corrected chi connectivity index (χ2v) is 8.19. The van der Waals surface area contributed by atoms with Crippen LogP contribution in [0.5, 0.6) is 11.5 Å². The van der Waals surface area contributed by atoms with E-state index in [4.69, 9.17) is 15.2 Å². The van der Waals surface area contributed by atoms with Gasteiger partial charge in [0.2, 0.25) is 5.88 Å². The number of hydrogen-bond donors (Lipinski definition) is 1. The average molecular weight is 386 g/mol. The van der Waals surface area contributed by atoms with Crippen molar-refractivity contribution in [3.8, 4) is 17.6 Å². The fourth-order valence-electron chi connectivity index (χ4n) is 3.97. The van der Waals surface area contributed by atoms with Crippen LogP contribution in [0.2, 0.25) is 0 Å². The molecule has 29 heavy (non-hydrogen) atoms. The lowest BCUT2D eigenvalue weighted by Gasteiger charge is -2.37. The highest BCUT2D eigenvalue weighted by Crippen LogP contribution is 2.48. The zero-order valence-corrected chi connectivity index (χ0v) is 16.4. The molecule has 0 bridgehead atoms. The fourth-order valence-corrected chi connectivity index (χ4v) is 3.97. The number of nitriles is 1. The number of carbonyl (C=O) groups excluding carboxylic acids is 1. The van der Waals surface area contributed by atoms with Gasteiger partial charge in [0, 0.05) is 18.4 Å². The van der Waals surface area contributed by atoms with Crippen LogP contribution >= 0.6 is 0 Å². The van der Waals surface area contributed by atoms with E-state index in [2.05, 4.69) is 6.07 Å². The molecule has 0 radical (unpaired) electrons. The number of allylic oxidation sites excluding steroid dienone is 3. The van der Waals surface area contributed by atoms with Gasteiger partial charge in [0.05, 0.1) is 5.92 Å². The van der Waals surface area contributed by atoms with E-state index < -0.39 is 5.92 Å². The van der Waals surface area contributed by atoms with E-state index in [-0.39, 0.29) is 22.7 Å². The third kappa shape index (κ3) is 3.62. The lowest BCUT2D eigenvalue weighted by molar-refractivity contribution is -0.119. The summed E-state index contributed by atoms with van der Waals surface area (Å²) in [6.45, 7) is 4.06. The first-order chi connectivity index (χ1) is 13.9. The summed E-state index contributed by atoms with van der Waals surface area (Å²) in [6, 6.07) is 19.0. The van der Waals surface area contributed by atoms with Crippen molar-refractivity contribution in [1.29, 1.82) is 5.26 Å². The van der Waals surface area contributed by atoms with Crippen LogP contribution in [0.3, 0.4) is 0 Å². The Hall–Kier alpha value is -3.52. The van der Waals surface area contributed by atoms with E-state index in [0.29, 0.717) is 29.9 Å². The number of ketones is 1. The Morgan fingerprint density at radius 1 is 1.07 bits per heavy atom. The number of ether oxygens (including phenoxy) is 2. The molecule has 2 N–H and O–H groups in total. The van der Waals surface area contributed by atoms with Crippen LogP contribution < -0.4 is 10.5 Å². The molecular formula is C24H22N2O3. The maximum Gasteiger partial charge on any atom is 0.205 e. The predicted octanol–water partition coefficient (Wildman–Crippen LogP) is 4.93. The number of nitrogens with two attached hydrogens (primary N) is 1. The molecule has 0 saturated heterocycles. The Balaban J connectivity index is 1.71. The zero-order chi connectivity index (χ0) is 20.6. The minimum atomic E-state index is -0.516. The van der Waals surface area contributed by atoms with Gasteiger partial charge in [-0.05, 0) is 35.2 Å². The van der Waals surface area contributed by atoms with Crippen molar-refractivity contribution >= 4 is 5.78 Å². The molecule has 146 valence electrons. The summed E-state index contributed by atoms with van der Waals surface area (Å²) in [6.07, 6.45) is 1.03. The third-order valence-electron chi connectivity index (χ3n) is 5.27. The predicted molar refractivity (Wildman–Crippen MR) is 109 cm³/mol. The Kier molecular flexibility index (Phi) is 4.63. The Morgan fingerprint density at radius 2 is 1.72 bits per heavy atom. The molecule has 4 rings (SSSR count). The first-order valence-electron chi connectivity index (χ1n) is 9.55. The highest BCUT2D eigenvalue weighted by molar-refractivity contribution is 6.00. The summed E-state index contributed by atoms with van der Waals surface area (Å²) in [4.78, 5) is 13.0. The Labute approximate surface area is 170 Å². The molecule has 2 aromatic carbocycles. The smallest absolute Gasteiger partial charge is 0.205 e. The molecule has 2 aliphatic rings. The molecule has 1 heterocycles. The molecule has 0 aromatic heterocycles. The summed E-state index contributed by atoms with van der Waals surface area (Å²) in [5.41, 5.74) is 7.49. The maximum absolute atomic E-state index is 13.0. The van der Waals surface area contributed by atoms with Gasteiger partial charge in [0.15, 0.2) is 5.78 Å². The van der Waals surface area contributed by atoms with Crippen LogP contribution in [-0.2, 0) is 9.53 Å². The van der Waals surface area contributed by atoms with E-state index >= 15 is 0 Å². The number of rotatable bonds is 3. The summed E-state index contributed by atoms with van der Waals surface area (Å²) in [5, 5.41) is 9.70. The van der Waals surface area contributed by atoms with Crippen LogP contribution in [0, 0.1) is 16.7 Å². The number of para-hydroxylation sites is 1. The third-order valence-corrected chi connectivity index (χ3v) is 5.27. The van der Waals surface area contributed by atoms with Crippen LogP contribution in [0.15, 0.2) is 77.4 Å². The molecule has 5 nitrogen and oxygen atoms in total. The first-order valence-corrected chi connectivity index (χ1v) is 9.55. The average Bonchev–Trinajstić information content (AvgIpc) is 2.67. The van der Waals surface area contributed by atoms with E-state index in [1.807, 2.05) is 68.4 Å². The van der Waals surface area contributed by atoms with Gasteiger partial charge in [0.25, 0.3) is 0 Å². The monoisotopic (exact) mass is 386 g/mol. The molecule has 1 unspecified atom stereocenters. The first kappa shape index (κ1) is 18.8. The van der Waals surface area contributed by atoms with Crippen LogP contribution in [-0.4, -0.2) is 5.78 Å². The minimum absolute atomic E-state index is 0.00566. The van der Waals surface area contributed by atoms with Crippen LogP contribution in [0.4, 0.5) is 0 Å². The summed E-state index contributed by atoms with van der Waals surface area (Å²) in [5.74, 6) is 1.56. The lowest BCUT2D eigenvalue weighted by atomic mass is 9.70. The Morgan fingerprint density at radius 3 is 2.38 bits per heavy atom. The van der Waals surface area contributed by atoms with Crippen molar-refractivity contribution in [3.63, 3.8) is 0 Å². The van der Waals surface area contributed by atoms with Gasteiger partial charge in [0.1, 0.15) is 28.9 Å². The number of hydrogen-bond acceptors (Lipinski definition) is 5. The summed E-state index contributed by atoms with van der Waals surface area (Å²) in [7, 11) is 0.